The zero-order valence-electron chi connectivity index (χ0n) is 15.7. The molecule has 0 saturated heterocycles. The van der Waals surface area contributed by atoms with Gasteiger partial charge in [0.2, 0.25) is 5.91 Å². The van der Waals surface area contributed by atoms with Gasteiger partial charge in [-0.2, -0.15) is 5.10 Å². The van der Waals surface area contributed by atoms with E-state index in [1.807, 2.05) is 27.7 Å². The third kappa shape index (κ3) is 4.35. The number of hydrogen-bond donors (Lipinski definition) is 1. The minimum Gasteiger partial charge on any atom is -0.326 e. The average molecular weight is 341 g/mol. The normalized spacial score (nSPS) is 11.0. The molecule has 0 atom stereocenters. The fourth-order valence-corrected chi connectivity index (χ4v) is 2.69. The van der Waals surface area contributed by atoms with E-state index in [0.29, 0.717) is 11.3 Å². The highest BCUT2D eigenvalue weighted by molar-refractivity contribution is 5.97. The van der Waals surface area contributed by atoms with Gasteiger partial charge in [0.05, 0.1) is 5.69 Å². The molecule has 0 fully saturated rings. The number of carbonyl (C=O) groups is 2. The highest BCUT2D eigenvalue weighted by Crippen LogP contribution is 2.18. The third-order valence-electron chi connectivity index (χ3n) is 4.34. The van der Waals surface area contributed by atoms with Crippen LogP contribution in [0, 0.1) is 19.8 Å². The summed E-state index contributed by atoms with van der Waals surface area (Å²) in [4.78, 5) is 24.5. The van der Waals surface area contributed by atoms with Crippen molar-refractivity contribution < 1.29 is 9.59 Å². The molecule has 1 aromatic carbocycles. The molecule has 1 heterocycles. The third-order valence-corrected chi connectivity index (χ3v) is 4.34. The molecule has 0 spiro atoms. The first-order valence-electron chi connectivity index (χ1n) is 8.85. The van der Waals surface area contributed by atoms with E-state index in [1.165, 1.54) is 4.68 Å². The number of nitrogens with one attached hydrogen (secondary N) is 1. The van der Waals surface area contributed by atoms with Gasteiger partial charge in [-0.05, 0) is 56.5 Å². The van der Waals surface area contributed by atoms with Crippen molar-refractivity contribution in [1.82, 2.24) is 9.78 Å². The van der Waals surface area contributed by atoms with Crippen LogP contribution in [0.1, 0.15) is 60.9 Å². The number of hydrogen-bond acceptors (Lipinski definition) is 3. The Morgan fingerprint density at radius 3 is 2.36 bits per heavy atom. The molecule has 25 heavy (non-hydrogen) atoms. The first-order chi connectivity index (χ1) is 11.8. The van der Waals surface area contributed by atoms with E-state index in [4.69, 9.17) is 0 Å². The van der Waals surface area contributed by atoms with Crippen LogP contribution < -0.4 is 5.32 Å². The van der Waals surface area contributed by atoms with Crippen LogP contribution in [0.25, 0.3) is 0 Å². The largest absolute Gasteiger partial charge is 0.326 e. The fraction of sp³-hybridized carbons (Fsp3) is 0.450. The molecule has 2 aromatic rings. The van der Waals surface area contributed by atoms with Gasteiger partial charge in [-0.25, -0.2) is 4.68 Å². The summed E-state index contributed by atoms with van der Waals surface area (Å²) in [5.41, 5.74) is 4.23. The summed E-state index contributed by atoms with van der Waals surface area (Å²) in [6.45, 7) is 9.73. The maximum Gasteiger partial charge on any atom is 0.278 e. The van der Waals surface area contributed by atoms with E-state index in [-0.39, 0.29) is 17.7 Å². The van der Waals surface area contributed by atoms with Gasteiger partial charge < -0.3 is 5.32 Å². The van der Waals surface area contributed by atoms with Crippen molar-refractivity contribution in [1.29, 1.82) is 0 Å². The maximum atomic E-state index is 12.8. The minimum absolute atomic E-state index is 0.0433. The Labute approximate surface area is 149 Å². The first-order valence-corrected chi connectivity index (χ1v) is 8.85. The van der Waals surface area contributed by atoms with Crippen LogP contribution in [0.15, 0.2) is 24.3 Å². The highest BCUT2D eigenvalue weighted by atomic mass is 16.2. The zero-order chi connectivity index (χ0) is 18.6. The molecule has 0 unspecified atom stereocenters. The lowest BCUT2D eigenvalue weighted by Gasteiger charge is -2.09. The van der Waals surface area contributed by atoms with E-state index in [1.54, 1.807) is 24.3 Å². The fourth-order valence-electron chi connectivity index (χ4n) is 2.69. The molecule has 5 nitrogen and oxygen atoms in total. The molecule has 134 valence electrons. The van der Waals surface area contributed by atoms with Crippen molar-refractivity contribution in [2.75, 3.05) is 5.32 Å². The van der Waals surface area contributed by atoms with Crippen LogP contribution in [-0.4, -0.2) is 21.6 Å². The van der Waals surface area contributed by atoms with E-state index in [0.717, 1.165) is 36.2 Å². The number of aryl methyl sites for hydroxylation is 1. The Bertz CT molecular complexity index is 758. The molecule has 5 heteroatoms. The van der Waals surface area contributed by atoms with Crippen molar-refractivity contribution in [2.24, 2.45) is 5.92 Å². The van der Waals surface area contributed by atoms with E-state index >= 15 is 0 Å². The molecular weight excluding hydrogens is 314 g/mol. The minimum atomic E-state index is -0.148. The predicted molar refractivity (Wildman–Crippen MR) is 100.0 cm³/mol. The molecule has 0 radical (unpaired) electrons. The summed E-state index contributed by atoms with van der Waals surface area (Å²) in [5.74, 6) is -0.277. The van der Waals surface area contributed by atoms with Gasteiger partial charge >= 0.3 is 0 Å². The Kier molecular flexibility index (Phi) is 6.12. The van der Waals surface area contributed by atoms with Crippen molar-refractivity contribution in [3.05, 3.63) is 46.8 Å². The summed E-state index contributed by atoms with van der Waals surface area (Å²) in [5, 5.41) is 7.25. The molecule has 0 aliphatic rings. The van der Waals surface area contributed by atoms with Crippen molar-refractivity contribution in [2.45, 2.75) is 53.9 Å². The summed E-state index contributed by atoms with van der Waals surface area (Å²) in [6, 6.07) is 6.94. The van der Waals surface area contributed by atoms with Crippen LogP contribution in [0.4, 0.5) is 5.69 Å². The molecule has 0 aliphatic carbocycles. The van der Waals surface area contributed by atoms with Crippen molar-refractivity contribution >= 4 is 17.5 Å². The van der Waals surface area contributed by atoms with Crippen LogP contribution in [-0.2, 0) is 11.2 Å². The van der Waals surface area contributed by atoms with Crippen LogP contribution in [0.3, 0.4) is 0 Å². The number of amides is 1. The Balaban J connectivity index is 2.19. The molecule has 1 aromatic heterocycles. The van der Waals surface area contributed by atoms with Gasteiger partial charge in [0.15, 0.2) is 0 Å². The lowest BCUT2D eigenvalue weighted by molar-refractivity contribution is -0.118. The Morgan fingerprint density at radius 1 is 1.16 bits per heavy atom. The van der Waals surface area contributed by atoms with Gasteiger partial charge in [-0.1, -0.05) is 27.2 Å². The van der Waals surface area contributed by atoms with Gasteiger partial charge in [0, 0.05) is 22.9 Å². The molecule has 0 aliphatic heterocycles. The van der Waals surface area contributed by atoms with E-state index < -0.39 is 0 Å². The Hall–Kier alpha value is -2.43. The second-order valence-corrected chi connectivity index (χ2v) is 6.69. The monoisotopic (exact) mass is 341 g/mol. The number of carbonyl (C=O) groups excluding carboxylic acids is 2. The van der Waals surface area contributed by atoms with Gasteiger partial charge in [0.1, 0.15) is 0 Å². The first kappa shape index (κ1) is 18.9. The smallest absolute Gasteiger partial charge is 0.278 e. The second kappa shape index (κ2) is 8.10. The van der Waals surface area contributed by atoms with Crippen molar-refractivity contribution in [3.63, 3.8) is 0 Å². The van der Waals surface area contributed by atoms with Crippen LogP contribution in [0.5, 0.6) is 0 Å². The summed E-state index contributed by atoms with van der Waals surface area (Å²) in [6.07, 6.45) is 3.15. The van der Waals surface area contributed by atoms with Gasteiger partial charge in [-0.3, -0.25) is 9.59 Å². The SMILES string of the molecule is CCCCc1c(C)nn(C(=O)c2ccc(NC(=O)C(C)C)cc2)c1C. The maximum absolute atomic E-state index is 12.8. The summed E-state index contributed by atoms with van der Waals surface area (Å²) < 4.78 is 1.49. The average Bonchev–Trinajstić information content (AvgIpc) is 2.87. The zero-order valence-corrected chi connectivity index (χ0v) is 15.7. The Morgan fingerprint density at radius 2 is 1.80 bits per heavy atom. The quantitative estimate of drug-likeness (QED) is 0.859. The van der Waals surface area contributed by atoms with Crippen LogP contribution in [0.2, 0.25) is 0 Å². The van der Waals surface area contributed by atoms with Gasteiger partial charge in [-0.15, -0.1) is 0 Å². The standard InChI is InChI=1S/C20H27N3O2/c1-6-7-8-18-14(4)22-23(15(18)5)20(25)16-9-11-17(12-10-16)21-19(24)13(2)3/h9-13H,6-8H2,1-5H3,(H,21,24). The number of rotatable bonds is 6. The van der Waals surface area contributed by atoms with E-state index in [2.05, 4.69) is 17.3 Å². The number of anilines is 1. The summed E-state index contributed by atoms with van der Waals surface area (Å²) in [7, 11) is 0. The second-order valence-electron chi connectivity index (χ2n) is 6.69. The number of nitrogens with zero attached hydrogens (tertiary/aromatic N) is 2. The number of aromatic nitrogens is 2. The molecule has 1 amide bonds. The number of benzene rings is 1. The molecular formula is C20H27N3O2. The predicted octanol–water partition coefficient (Wildman–Crippen LogP) is 4.13. The van der Waals surface area contributed by atoms with Crippen molar-refractivity contribution in [3.8, 4) is 0 Å². The molecule has 0 saturated carbocycles. The molecule has 0 bridgehead atoms. The van der Waals surface area contributed by atoms with Crippen LogP contribution >= 0.6 is 0 Å². The lowest BCUT2D eigenvalue weighted by atomic mass is 10.1. The summed E-state index contributed by atoms with van der Waals surface area (Å²) >= 11 is 0. The number of unbranched alkanes of at least 4 members (excludes halogenated alkanes) is 1. The highest BCUT2D eigenvalue weighted by Gasteiger charge is 2.17. The van der Waals surface area contributed by atoms with E-state index in [9.17, 15) is 9.59 Å². The molecule has 1 N–H and O–H groups in total. The van der Waals surface area contributed by atoms with Gasteiger partial charge in [0.25, 0.3) is 5.91 Å². The molecule has 2 rings (SSSR count). The lowest BCUT2D eigenvalue weighted by Crippen LogP contribution is -2.18. The topological polar surface area (TPSA) is 64.0 Å².